The number of ether oxygens (including phenoxy) is 1. The van der Waals surface area contributed by atoms with Crippen molar-refractivity contribution in [3.05, 3.63) is 0 Å². The fourth-order valence-electron chi connectivity index (χ4n) is 1.59. The van der Waals surface area contributed by atoms with E-state index in [9.17, 15) is 14.4 Å². The quantitative estimate of drug-likeness (QED) is 0.544. The van der Waals surface area contributed by atoms with Crippen LogP contribution in [0.5, 0.6) is 0 Å². The highest BCUT2D eigenvalue weighted by Crippen LogP contribution is 2.01. The Kier molecular flexibility index (Phi) is 5.37. The molecule has 3 amide bonds. The van der Waals surface area contributed by atoms with Crippen molar-refractivity contribution in [1.29, 1.82) is 0 Å². The Balaban J connectivity index is 2.47. The molecule has 0 aromatic rings. The fourth-order valence-corrected chi connectivity index (χ4v) is 1.59. The van der Waals surface area contributed by atoms with E-state index in [1.807, 2.05) is 0 Å². The summed E-state index contributed by atoms with van der Waals surface area (Å²) in [6.45, 7) is 0.407. The van der Waals surface area contributed by atoms with E-state index >= 15 is 0 Å². The van der Waals surface area contributed by atoms with Crippen LogP contribution in [0.15, 0.2) is 0 Å². The van der Waals surface area contributed by atoms with E-state index in [-0.39, 0.29) is 31.5 Å². The van der Waals surface area contributed by atoms with Crippen molar-refractivity contribution >= 4 is 17.9 Å². The van der Waals surface area contributed by atoms with E-state index in [1.165, 1.54) is 7.11 Å². The van der Waals surface area contributed by atoms with Gasteiger partial charge in [0.2, 0.25) is 5.91 Å². The van der Waals surface area contributed by atoms with Gasteiger partial charge in [0.15, 0.2) is 0 Å². The first-order valence-corrected chi connectivity index (χ1v) is 5.55. The lowest BCUT2D eigenvalue weighted by Crippen LogP contribution is -2.48. The number of carbonyl (C=O) groups is 3. The second kappa shape index (κ2) is 6.80. The molecule has 1 aliphatic rings. The summed E-state index contributed by atoms with van der Waals surface area (Å²) in [7, 11) is 1.47. The van der Waals surface area contributed by atoms with Crippen LogP contribution in [0.2, 0.25) is 0 Å². The van der Waals surface area contributed by atoms with Crippen molar-refractivity contribution < 1.29 is 24.2 Å². The highest BCUT2D eigenvalue weighted by molar-refractivity contribution is 5.83. The molecule has 1 saturated heterocycles. The molecule has 1 rings (SSSR count). The van der Waals surface area contributed by atoms with Gasteiger partial charge in [-0.1, -0.05) is 0 Å². The van der Waals surface area contributed by atoms with E-state index in [2.05, 4.69) is 10.6 Å². The third-order valence-corrected chi connectivity index (χ3v) is 2.48. The van der Waals surface area contributed by atoms with Gasteiger partial charge in [0, 0.05) is 26.6 Å². The van der Waals surface area contributed by atoms with Crippen LogP contribution in [0.4, 0.5) is 4.79 Å². The fraction of sp³-hybridized carbons (Fsp3) is 0.700. The average Bonchev–Trinajstić information content (AvgIpc) is 2.69. The lowest BCUT2D eigenvalue weighted by molar-refractivity contribution is -0.137. The Labute approximate surface area is 104 Å². The molecule has 0 aromatic heterocycles. The van der Waals surface area contributed by atoms with Gasteiger partial charge in [-0.05, 0) is 0 Å². The van der Waals surface area contributed by atoms with Gasteiger partial charge in [-0.15, -0.1) is 0 Å². The zero-order valence-corrected chi connectivity index (χ0v) is 10.1. The minimum atomic E-state index is -1.10. The molecule has 0 saturated carbocycles. The van der Waals surface area contributed by atoms with E-state index in [0.29, 0.717) is 6.54 Å². The molecule has 102 valence electrons. The summed E-state index contributed by atoms with van der Waals surface area (Å²) in [5.74, 6) is -1.22. The molecule has 8 nitrogen and oxygen atoms in total. The molecule has 3 N–H and O–H groups in total. The van der Waals surface area contributed by atoms with Crippen LogP contribution < -0.4 is 10.6 Å². The molecule has 0 aromatic carbocycles. The van der Waals surface area contributed by atoms with Crippen LogP contribution >= 0.6 is 0 Å². The molecule has 18 heavy (non-hydrogen) atoms. The molecule has 1 heterocycles. The molecule has 0 spiro atoms. The number of carboxylic acids is 1. The largest absolute Gasteiger partial charge is 0.480 e. The van der Waals surface area contributed by atoms with Crippen molar-refractivity contribution in [1.82, 2.24) is 15.5 Å². The predicted octanol–water partition coefficient (Wildman–Crippen LogP) is -1.38. The van der Waals surface area contributed by atoms with Gasteiger partial charge >= 0.3 is 12.0 Å². The first-order chi connectivity index (χ1) is 8.52. The van der Waals surface area contributed by atoms with Gasteiger partial charge in [0.25, 0.3) is 0 Å². The van der Waals surface area contributed by atoms with Crippen molar-refractivity contribution in [3.8, 4) is 0 Å². The molecular formula is C10H17N3O5. The van der Waals surface area contributed by atoms with Crippen LogP contribution in [0.3, 0.4) is 0 Å². The van der Waals surface area contributed by atoms with E-state index in [0.717, 1.165) is 4.90 Å². The predicted molar refractivity (Wildman–Crippen MR) is 61.0 cm³/mol. The van der Waals surface area contributed by atoms with Gasteiger partial charge in [0.05, 0.1) is 12.6 Å². The lowest BCUT2D eigenvalue weighted by Gasteiger charge is -2.22. The third-order valence-electron chi connectivity index (χ3n) is 2.48. The van der Waals surface area contributed by atoms with Gasteiger partial charge in [-0.2, -0.15) is 0 Å². The Bertz CT molecular complexity index is 333. The maximum atomic E-state index is 11.8. The van der Waals surface area contributed by atoms with E-state index in [4.69, 9.17) is 9.84 Å². The Morgan fingerprint density at radius 2 is 2.33 bits per heavy atom. The van der Waals surface area contributed by atoms with E-state index in [1.54, 1.807) is 0 Å². The Morgan fingerprint density at radius 3 is 2.83 bits per heavy atom. The minimum Gasteiger partial charge on any atom is -0.480 e. The van der Waals surface area contributed by atoms with Gasteiger partial charge in [-0.3, -0.25) is 9.59 Å². The van der Waals surface area contributed by atoms with Crippen LogP contribution in [-0.4, -0.2) is 67.3 Å². The molecule has 8 heteroatoms. The minimum absolute atomic E-state index is 0.123. The maximum Gasteiger partial charge on any atom is 0.323 e. The van der Waals surface area contributed by atoms with Crippen molar-refractivity contribution in [2.24, 2.45) is 0 Å². The number of urea groups is 1. The van der Waals surface area contributed by atoms with Crippen LogP contribution in [-0.2, 0) is 14.3 Å². The summed E-state index contributed by atoms with van der Waals surface area (Å²) in [5, 5.41) is 13.9. The summed E-state index contributed by atoms with van der Waals surface area (Å²) in [5.41, 5.74) is 0. The Morgan fingerprint density at radius 1 is 1.61 bits per heavy atom. The first-order valence-electron chi connectivity index (χ1n) is 5.55. The molecule has 1 aliphatic heterocycles. The summed E-state index contributed by atoms with van der Waals surface area (Å²) < 4.78 is 4.81. The number of amides is 3. The van der Waals surface area contributed by atoms with Crippen LogP contribution in [0.25, 0.3) is 0 Å². The highest BCUT2D eigenvalue weighted by Gasteiger charge is 2.25. The highest BCUT2D eigenvalue weighted by atomic mass is 16.5. The zero-order chi connectivity index (χ0) is 13.5. The molecule has 1 fully saturated rings. The smallest absolute Gasteiger partial charge is 0.323 e. The standard InChI is InChI=1S/C10H17N3O5/c1-18-3-2-13(6-9(15)16)10(17)12-7-4-8(14)11-5-7/h7H,2-6H2,1H3,(H,11,14)(H,12,17)(H,15,16). The number of rotatable bonds is 6. The first kappa shape index (κ1) is 14.2. The van der Waals surface area contributed by atoms with Gasteiger partial charge in [0.1, 0.15) is 6.54 Å². The average molecular weight is 259 g/mol. The molecule has 1 unspecified atom stereocenters. The Hall–Kier alpha value is -1.83. The third kappa shape index (κ3) is 4.58. The second-order valence-electron chi connectivity index (χ2n) is 3.96. The lowest BCUT2D eigenvalue weighted by atomic mass is 10.2. The number of hydrogen-bond donors (Lipinski definition) is 3. The SMILES string of the molecule is COCCN(CC(=O)O)C(=O)NC1CNC(=O)C1. The summed E-state index contributed by atoms with van der Waals surface area (Å²) in [6.07, 6.45) is 0.219. The van der Waals surface area contributed by atoms with Gasteiger partial charge in [-0.25, -0.2) is 4.79 Å². The second-order valence-corrected chi connectivity index (χ2v) is 3.96. The van der Waals surface area contributed by atoms with Crippen LogP contribution in [0, 0.1) is 0 Å². The normalized spacial score (nSPS) is 18.3. The number of nitrogens with zero attached hydrogens (tertiary/aromatic N) is 1. The topological polar surface area (TPSA) is 108 Å². The summed E-state index contributed by atoms with van der Waals surface area (Å²) >= 11 is 0. The summed E-state index contributed by atoms with van der Waals surface area (Å²) in [4.78, 5) is 34.5. The van der Waals surface area contributed by atoms with Crippen molar-refractivity contribution in [2.75, 3.05) is 33.4 Å². The molecular weight excluding hydrogens is 242 g/mol. The molecule has 1 atom stereocenters. The summed E-state index contributed by atoms with van der Waals surface area (Å²) in [6, 6.07) is -0.792. The maximum absolute atomic E-state index is 11.8. The van der Waals surface area contributed by atoms with Crippen LogP contribution in [0.1, 0.15) is 6.42 Å². The number of nitrogens with one attached hydrogen (secondary N) is 2. The number of hydrogen-bond acceptors (Lipinski definition) is 4. The van der Waals surface area contributed by atoms with Gasteiger partial charge < -0.3 is 25.4 Å². The molecule has 0 radical (unpaired) electrons. The van der Waals surface area contributed by atoms with E-state index < -0.39 is 18.5 Å². The number of aliphatic carboxylic acids is 1. The molecule has 0 bridgehead atoms. The number of methoxy groups -OCH3 is 1. The monoisotopic (exact) mass is 259 g/mol. The molecule has 0 aliphatic carbocycles. The van der Waals surface area contributed by atoms with Crippen molar-refractivity contribution in [3.63, 3.8) is 0 Å². The number of carbonyl (C=O) groups excluding carboxylic acids is 2. The van der Waals surface area contributed by atoms with Crippen molar-refractivity contribution in [2.45, 2.75) is 12.5 Å². The number of carboxylic acid groups (broad SMARTS) is 1. The zero-order valence-electron chi connectivity index (χ0n) is 10.1.